The summed E-state index contributed by atoms with van der Waals surface area (Å²) in [5.41, 5.74) is 2.61. The third kappa shape index (κ3) is 10.1. The first kappa shape index (κ1) is 47.4. The Morgan fingerprint density at radius 3 is 2.19 bits per heavy atom. The Balaban J connectivity index is 1.27. The Bertz CT molecular complexity index is 2690. The SMILES string of the molecule is C=CCO[C@@]12Oc3ccc(Oc4ccc5ccccc5c4)cc3[C@H]3[C@H](CCCCO)[C@@H](CCCCO)C=C(C(=NOCc4ccc([N+](=O)[O-])cc4)C[C@@H]1N(C)C(=O)Oc1ccc([N+](=O)[O-])cc1)[C@H]32. The number of fused-ring (bicyclic) bond motifs is 3. The van der Waals surface area contributed by atoms with Crippen molar-refractivity contribution < 1.29 is 48.6 Å². The van der Waals surface area contributed by atoms with Crippen molar-refractivity contribution in [3.63, 3.8) is 0 Å². The lowest BCUT2D eigenvalue weighted by molar-refractivity contribution is -0.385. The second-order valence-corrected chi connectivity index (χ2v) is 17.3. The Hall–Kier alpha value is -7.14. The molecular weight excluding hydrogens is 873 g/mol. The number of nitro groups is 2. The van der Waals surface area contributed by atoms with Crippen LogP contribution in [0.1, 0.15) is 62.0 Å². The van der Waals surface area contributed by atoms with Crippen LogP contribution in [-0.4, -0.2) is 75.5 Å². The number of non-ortho nitro benzene ring substituents is 2. The lowest BCUT2D eigenvalue weighted by Crippen LogP contribution is -2.69. The molecule has 6 atom stereocenters. The minimum atomic E-state index is -1.58. The van der Waals surface area contributed by atoms with Gasteiger partial charge in [0.1, 0.15) is 35.6 Å². The van der Waals surface area contributed by atoms with Crippen LogP contribution in [0.15, 0.2) is 139 Å². The lowest BCUT2D eigenvalue weighted by atomic mass is 9.55. The van der Waals surface area contributed by atoms with Gasteiger partial charge in [0.2, 0.25) is 5.79 Å². The number of carbonyl (C=O) groups excluding carboxylic acids is 1. The number of aliphatic hydroxyl groups is 2. The molecule has 354 valence electrons. The lowest BCUT2D eigenvalue weighted by Gasteiger charge is -2.59. The second-order valence-electron chi connectivity index (χ2n) is 17.3. The Kier molecular flexibility index (Phi) is 14.8. The topological polar surface area (TPSA) is 206 Å². The first-order chi connectivity index (χ1) is 33.0. The number of nitrogens with zero attached hydrogens (tertiary/aromatic N) is 4. The molecule has 1 saturated carbocycles. The van der Waals surface area contributed by atoms with Crippen molar-refractivity contribution in [3.05, 3.63) is 165 Å². The normalized spacial score (nSPS) is 22.0. The monoisotopic (exact) mass is 926 g/mol. The van der Waals surface area contributed by atoms with Crippen LogP contribution in [0.25, 0.3) is 10.8 Å². The van der Waals surface area contributed by atoms with Crippen LogP contribution >= 0.6 is 0 Å². The summed E-state index contributed by atoms with van der Waals surface area (Å²) in [5, 5.41) is 49.6. The number of rotatable bonds is 20. The van der Waals surface area contributed by atoms with Crippen LogP contribution in [-0.2, 0) is 16.2 Å². The molecule has 1 fully saturated rings. The molecule has 5 aromatic rings. The molecule has 0 saturated heterocycles. The summed E-state index contributed by atoms with van der Waals surface area (Å²) in [7, 11) is 1.58. The number of ether oxygens (including phenoxy) is 4. The van der Waals surface area contributed by atoms with Crippen LogP contribution in [0, 0.1) is 38.0 Å². The molecular formula is C52H54N4O12. The van der Waals surface area contributed by atoms with E-state index in [4.69, 9.17) is 28.9 Å². The minimum absolute atomic E-state index is 0.0117. The predicted molar refractivity (Wildman–Crippen MR) is 254 cm³/mol. The Labute approximate surface area is 393 Å². The van der Waals surface area contributed by atoms with Crippen LogP contribution in [0.4, 0.5) is 16.2 Å². The fraction of sp³-hybridized carbons (Fsp3) is 0.346. The highest BCUT2D eigenvalue weighted by Gasteiger charge is 2.65. The number of allylic oxidation sites excluding steroid dienone is 1. The van der Waals surface area contributed by atoms with Crippen LogP contribution in [0.2, 0.25) is 0 Å². The van der Waals surface area contributed by atoms with Crippen molar-refractivity contribution in [2.45, 2.75) is 69.3 Å². The molecule has 68 heavy (non-hydrogen) atoms. The van der Waals surface area contributed by atoms with Crippen LogP contribution in [0.5, 0.6) is 23.0 Å². The third-order valence-corrected chi connectivity index (χ3v) is 13.2. The van der Waals surface area contributed by atoms with E-state index in [1.54, 1.807) is 25.3 Å². The highest BCUT2D eigenvalue weighted by molar-refractivity contribution is 6.03. The van der Waals surface area contributed by atoms with Gasteiger partial charge >= 0.3 is 6.09 Å². The summed E-state index contributed by atoms with van der Waals surface area (Å²) < 4.78 is 26.7. The predicted octanol–water partition coefficient (Wildman–Crippen LogP) is 10.4. The molecule has 16 nitrogen and oxygen atoms in total. The number of carbonyl (C=O) groups is 1. The maximum Gasteiger partial charge on any atom is 0.415 e. The summed E-state index contributed by atoms with van der Waals surface area (Å²) in [6.45, 7) is 4.07. The number of nitro benzene ring substituents is 2. The highest BCUT2D eigenvalue weighted by Crippen LogP contribution is 2.62. The minimum Gasteiger partial charge on any atom is -0.459 e. The van der Waals surface area contributed by atoms with E-state index in [0.29, 0.717) is 47.8 Å². The van der Waals surface area contributed by atoms with Gasteiger partial charge in [-0.2, -0.15) is 0 Å². The highest BCUT2D eigenvalue weighted by atomic mass is 16.7. The van der Waals surface area contributed by atoms with Crippen molar-refractivity contribution in [2.24, 2.45) is 22.9 Å². The van der Waals surface area contributed by atoms with Gasteiger partial charge in [-0.05, 0) is 114 Å². The number of oxime groups is 1. The van der Waals surface area contributed by atoms with Gasteiger partial charge in [0, 0.05) is 62.4 Å². The van der Waals surface area contributed by atoms with E-state index in [1.807, 2.05) is 60.7 Å². The molecule has 0 unspecified atom stereocenters. The summed E-state index contributed by atoms with van der Waals surface area (Å²) >= 11 is 0. The number of hydrogen-bond acceptors (Lipinski definition) is 13. The van der Waals surface area contributed by atoms with Gasteiger partial charge in [-0.15, -0.1) is 6.58 Å². The number of hydrogen-bond donors (Lipinski definition) is 2. The van der Waals surface area contributed by atoms with Gasteiger partial charge in [-0.1, -0.05) is 60.5 Å². The van der Waals surface area contributed by atoms with Gasteiger partial charge in [0.25, 0.3) is 11.4 Å². The standard InChI is InChI=1S/C52H54N4O12/c1-3-28-64-52-48(54(2)51(59)67-40-22-19-39(20-23-40)56(62)63)32-46(53-65-33-34-14-17-38(18-15-34)55(60)61)44-30-37(12-6-8-26-57)43(13-7-9-27-58)49(50(44)52)45-31-42(24-25-47(45)68-52)66-41-21-16-35-10-4-5-11-36(35)29-41/h3-5,10-11,14-25,29-31,37,43,48-50,57-58H,1,6-9,12-13,26-28,32-33H2,2H3/t37-,43+,48-,49+,50+,52+/m0/s1. The van der Waals surface area contributed by atoms with Crippen molar-refractivity contribution in [1.29, 1.82) is 0 Å². The summed E-state index contributed by atoms with van der Waals surface area (Å²) in [6.07, 6.45) is 7.23. The fourth-order valence-electron chi connectivity index (χ4n) is 9.99. The Morgan fingerprint density at radius 2 is 1.50 bits per heavy atom. The molecule has 5 aromatic carbocycles. The van der Waals surface area contributed by atoms with E-state index >= 15 is 0 Å². The molecule has 0 bridgehead atoms. The van der Waals surface area contributed by atoms with Gasteiger partial charge in [-0.3, -0.25) is 20.2 Å². The first-order valence-electron chi connectivity index (χ1n) is 22.8. The summed E-state index contributed by atoms with van der Waals surface area (Å²) in [4.78, 5) is 43.6. The molecule has 0 aromatic heterocycles. The molecule has 0 radical (unpaired) electrons. The quantitative estimate of drug-likeness (QED) is 0.0324. The van der Waals surface area contributed by atoms with E-state index in [0.717, 1.165) is 41.2 Å². The smallest absolute Gasteiger partial charge is 0.415 e. The zero-order chi connectivity index (χ0) is 47.8. The van der Waals surface area contributed by atoms with Gasteiger partial charge < -0.3 is 38.9 Å². The number of benzene rings is 5. The van der Waals surface area contributed by atoms with Crippen molar-refractivity contribution in [1.82, 2.24) is 4.90 Å². The van der Waals surface area contributed by atoms with Gasteiger partial charge in [0.15, 0.2) is 0 Å². The van der Waals surface area contributed by atoms with E-state index in [9.17, 15) is 35.2 Å². The molecule has 1 amide bonds. The van der Waals surface area contributed by atoms with E-state index < -0.39 is 33.7 Å². The largest absolute Gasteiger partial charge is 0.459 e. The third-order valence-electron chi connectivity index (χ3n) is 13.2. The maximum atomic E-state index is 14.4. The van der Waals surface area contributed by atoms with E-state index in [-0.39, 0.29) is 67.7 Å². The van der Waals surface area contributed by atoms with Crippen LogP contribution in [0.3, 0.4) is 0 Å². The second kappa shape index (κ2) is 21.2. The van der Waals surface area contributed by atoms with Crippen molar-refractivity contribution >= 4 is 34.0 Å². The maximum absolute atomic E-state index is 14.4. The molecule has 8 rings (SSSR count). The molecule has 2 aliphatic carbocycles. The molecule has 3 aliphatic rings. The average molecular weight is 927 g/mol. The molecule has 0 spiro atoms. The van der Waals surface area contributed by atoms with Crippen molar-refractivity contribution in [3.8, 4) is 23.0 Å². The molecule has 1 heterocycles. The van der Waals surface area contributed by atoms with Crippen molar-refractivity contribution in [2.75, 3.05) is 26.9 Å². The Morgan fingerprint density at radius 1 is 0.853 bits per heavy atom. The summed E-state index contributed by atoms with van der Waals surface area (Å²) in [6, 6.07) is 30.0. The van der Waals surface area contributed by atoms with Gasteiger partial charge in [-0.25, -0.2) is 4.79 Å². The van der Waals surface area contributed by atoms with Gasteiger partial charge in [0.05, 0.1) is 28.1 Å². The number of unbranched alkanes of at least 4 members (excludes halogenated alkanes) is 2. The molecule has 2 N–H and O–H groups in total. The molecule has 16 heteroatoms. The zero-order valence-electron chi connectivity index (χ0n) is 37.7. The molecule has 1 aliphatic heterocycles. The van der Waals surface area contributed by atoms with Crippen LogP contribution < -0.4 is 14.2 Å². The fourth-order valence-corrected chi connectivity index (χ4v) is 9.99. The zero-order valence-corrected chi connectivity index (χ0v) is 37.7. The summed E-state index contributed by atoms with van der Waals surface area (Å²) in [5.74, 6) is -0.795. The number of likely N-dealkylation sites (N-methyl/N-ethyl adjacent to an activating group) is 1. The average Bonchev–Trinajstić information content (AvgIpc) is 3.34. The number of amides is 1. The first-order valence-corrected chi connectivity index (χ1v) is 22.8. The van der Waals surface area contributed by atoms with E-state index in [2.05, 4.69) is 12.7 Å². The van der Waals surface area contributed by atoms with E-state index in [1.165, 1.54) is 41.3 Å². The number of aliphatic hydroxyl groups excluding tert-OH is 2.